The number of rotatable bonds is 3. The molecule has 1 N–H and O–H groups in total. The number of fused-ring (bicyclic) bond motifs is 3. The molecule has 4 aromatic rings. The summed E-state index contributed by atoms with van der Waals surface area (Å²) in [4.78, 5) is 0. The number of hydrogen-bond acceptors (Lipinski definition) is 2. The molecular weight excluding hydrogens is 344 g/mol. The van der Waals surface area contributed by atoms with Crippen molar-refractivity contribution in [3.8, 4) is 22.5 Å². The van der Waals surface area contributed by atoms with E-state index in [4.69, 9.17) is 5.10 Å². The van der Waals surface area contributed by atoms with Crippen molar-refractivity contribution < 1.29 is 5.11 Å². The van der Waals surface area contributed by atoms with Gasteiger partial charge in [-0.2, -0.15) is 5.10 Å². The Hall–Kier alpha value is -3.17. The molecule has 0 saturated heterocycles. The van der Waals surface area contributed by atoms with Crippen LogP contribution in [0.25, 0.3) is 22.5 Å². The van der Waals surface area contributed by atoms with Crippen LogP contribution in [0.4, 0.5) is 0 Å². The monoisotopic (exact) mass is 366 g/mol. The van der Waals surface area contributed by atoms with Crippen molar-refractivity contribution in [2.24, 2.45) is 0 Å². The summed E-state index contributed by atoms with van der Waals surface area (Å²) in [6.45, 7) is 4.90. The van der Waals surface area contributed by atoms with Gasteiger partial charge in [0.25, 0.3) is 0 Å². The average Bonchev–Trinajstić information content (AvgIpc) is 3.25. The Labute approximate surface area is 164 Å². The molecular formula is C25H22N2O. The van der Waals surface area contributed by atoms with Crippen molar-refractivity contribution in [2.75, 3.05) is 0 Å². The Balaban J connectivity index is 1.89. The molecule has 1 aromatic heterocycles. The summed E-state index contributed by atoms with van der Waals surface area (Å²) >= 11 is 0. The van der Waals surface area contributed by atoms with E-state index in [1.54, 1.807) is 0 Å². The van der Waals surface area contributed by atoms with Crippen LogP contribution in [0.2, 0.25) is 0 Å². The SMILES string of the molecule is CCn1nc(-c2ccccc2)c2c1-c1ccccc1C2(O)c1ccc(C)cc1. The summed E-state index contributed by atoms with van der Waals surface area (Å²) in [6.07, 6.45) is 0. The molecule has 0 bridgehead atoms. The lowest BCUT2D eigenvalue weighted by atomic mass is 9.83. The first-order valence-corrected chi connectivity index (χ1v) is 9.70. The highest BCUT2D eigenvalue weighted by Gasteiger charge is 2.47. The molecule has 3 heteroatoms. The van der Waals surface area contributed by atoms with Gasteiger partial charge in [0.1, 0.15) is 5.60 Å². The lowest BCUT2D eigenvalue weighted by molar-refractivity contribution is 0.131. The molecule has 1 atom stereocenters. The van der Waals surface area contributed by atoms with Crippen molar-refractivity contribution in [3.05, 3.63) is 101 Å². The van der Waals surface area contributed by atoms with Crippen LogP contribution in [0.3, 0.4) is 0 Å². The van der Waals surface area contributed by atoms with Crippen LogP contribution in [-0.4, -0.2) is 14.9 Å². The van der Waals surface area contributed by atoms with Crippen molar-refractivity contribution in [1.82, 2.24) is 9.78 Å². The number of aromatic nitrogens is 2. The second kappa shape index (κ2) is 6.18. The number of aliphatic hydroxyl groups is 1. The Morgan fingerprint density at radius 3 is 2.29 bits per heavy atom. The minimum Gasteiger partial charge on any atom is -0.376 e. The highest BCUT2D eigenvalue weighted by Crippen LogP contribution is 2.54. The largest absolute Gasteiger partial charge is 0.376 e. The number of hydrogen-bond donors (Lipinski definition) is 1. The zero-order chi connectivity index (χ0) is 19.3. The summed E-state index contributed by atoms with van der Waals surface area (Å²) in [5, 5.41) is 17.2. The molecule has 0 spiro atoms. The van der Waals surface area contributed by atoms with Gasteiger partial charge in [0, 0.05) is 28.8 Å². The highest BCUT2D eigenvalue weighted by molar-refractivity contribution is 5.86. The van der Waals surface area contributed by atoms with E-state index in [9.17, 15) is 5.11 Å². The standard InChI is InChI=1S/C25H22N2O/c1-3-27-24-20-11-7-8-12-21(20)25(28,19-15-13-17(2)14-16-19)22(24)23(26-27)18-9-5-4-6-10-18/h4-16,28H,3H2,1-2H3. The first-order valence-electron chi connectivity index (χ1n) is 9.70. The zero-order valence-electron chi connectivity index (χ0n) is 16.1. The lowest BCUT2D eigenvalue weighted by Crippen LogP contribution is -2.26. The van der Waals surface area contributed by atoms with E-state index in [1.807, 2.05) is 53.2 Å². The highest BCUT2D eigenvalue weighted by atomic mass is 16.3. The zero-order valence-corrected chi connectivity index (χ0v) is 16.1. The van der Waals surface area contributed by atoms with Gasteiger partial charge in [-0.1, -0.05) is 84.4 Å². The Morgan fingerprint density at radius 2 is 1.57 bits per heavy atom. The maximum Gasteiger partial charge on any atom is 0.145 e. The summed E-state index contributed by atoms with van der Waals surface area (Å²) in [7, 11) is 0. The van der Waals surface area contributed by atoms with Gasteiger partial charge < -0.3 is 5.11 Å². The second-order valence-corrected chi connectivity index (χ2v) is 7.38. The third kappa shape index (κ3) is 2.23. The molecule has 3 nitrogen and oxygen atoms in total. The maximum atomic E-state index is 12.3. The van der Waals surface area contributed by atoms with E-state index in [2.05, 4.69) is 44.2 Å². The fraction of sp³-hybridized carbons (Fsp3) is 0.160. The fourth-order valence-electron chi connectivity index (χ4n) is 4.34. The molecule has 138 valence electrons. The van der Waals surface area contributed by atoms with Gasteiger partial charge in [-0.3, -0.25) is 4.68 Å². The Morgan fingerprint density at radius 1 is 0.893 bits per heavy atom. The second-order valence-electron chi connectivity index (χ2n) is 7.38. The Bertz CT molecular complexity index is 1160. The topological polar surface area (TPSA) is 38.0 Å². The van der Waals surface area contributed by atoms with Crippen molar-refractivity contribution >= 4 is 0 Å². The molecule has 5 rings (SSSR count). The van der Waals surface area contributed by atoms with E-state index in [0.717, 1.165) is 45.7 Å². The normalized spacial score (nSPS) is 17.4. The molecule has 28 heavy (non-hydrogen) atoms. The van der Waals surface area contributed by atoms with Crippen LogP contribution in [-0.2, 0) is 12.1 Å². The molecule has 0 amide bonds. The van der Waals surface area contributed by atoms with Crippen LogP contribution in [0.15, 0.2) is 78.9 Å². The third-order valence-corrected chi connectivity index (χ3v) is 5.70. The van der Waals surface area contributed by atoms with Crippen LogP contribution in [0, 0.1) is 6.92 Å². The molecule has 0 fully saturated rings. The van der Waals surface area contributed by atoms with Crippen LogP contribution < -0.4 is 0 Å². The predicted octanol–water partition coefficient (Wildman–Crippen LogP) is 5.14. The van der Waals surface area contributed by atoms with E-state index in [0.29, 0.717) is 0 Å². The molecule has 1 aliphatic carbocycles. The maximum absolute atomic E-state index is 12.3. The van der Waals surface area contributed by atoms with E-state index >= 15 is 0 Å². The van der Waals surface area contributed by atoms with Gasteiger partial charge in [0.05, 0.1) is 11.4 Å². The summed E-state index contributed by atoms with van der Waals surface area (Å²) in [6, 6.07) is 26.4. The molecule has 0 saturated carbocycles. The van der Waals surface area contributed by atoms with Crippen LogP contribution in [0.1, 0.15) is 29.2 Å². The van der Waals surface area contributed by atoms with Crippen LogP contribution in [0.5, 0.6) is 0 Å². The van der Waals surface area contributed by atoms with Crippen LogP contribution >= 0.6 is 0 Å². The quantitative estimate of drug-likeness (QED) is 0.545. The van der Waals surface area contributed by atoms with Gasteiger partial charge in [0.2, 0.25) is 0 Å². The lowest BCUT2D eigenvalue weighted by Gasteiger charge is -2.26. The summed E-state index contributed by atoms with van der Waals surface area (Å²) in [5.74, 6) is 0. The first-order chi connectivity index (χ1) is 13.6. The summed E-state index contributed by atoms with van der Waals surface area (Å²) in [5.41, 5.74) is 6.55. The van der Waals surface area contributed by atoms with E-state index < -0.39 is 5.60 Å². The minimum atomic E-state index is -1.22. The number of aryl methyl sites for hydroxylation is 2. The van der Waals surface area contributed by atoms with Gasteiger partial charge in [-0.15, -0.1) is 0 Å². The average molecular weight is 366 g/mol. The number of nitrogens with zero attached hydrogens (tertiary/aromatic N) is 2. The molecule has 0 radical (unpaired) electrons. The molecule has 0 aliphatic heterocycles. The predicted molar refractivity (Wildman–Crippen MR) is 112 cm³/mol. The van der Waals surface area contributed by atoms with Gasteiger partial charge in [-0.05, 0) is 19.4 Å². The molecule has 1 aliphatic rings. The van der Waals surface area contributed by atoms with Crippen molar-refractivity contribution in [3.63, 3.8) is 0 Å². The minimum absolute atomic E-state index is 0.744. The third-order valence-electron chi connectivity index (χ3n) is 5.70. The van der Waals surface area contributed by atoms with E-state index in [1.165, 1.54) is 5.56 Å². The smallest absolute Gasteiger partial charge is 0.145 e. The fourth-order valence-corrected chi connectivity index (χ4v) is 4.34. The summed E-state index contributed by atoms with van der Waals surface area (Å²) < 4.78 is 2.02. The molecule has 1 unspecified atom stereocenters. The Kier molecular flexibility index (Phi) is 3.74. The first kappa shape index (κ1) is 17.0. The number of benzene rings is 3. The van der Waals surface area contributed by atoms with Crippen molar-refractivity contribution in [2.45, 2.75) is 26.0 Å². The molecule has 3 aromatic carbocycles. The van der Waals surface area contributed by atoms with Gasteiger partial charge in [-0.25, -0.2) is 0 Å². The molecule has 1 heterocycles. The van der Waals surface area contributed by atoms with Gasteiger partial charge >= 0.3 is 0 Å². The van der Waals surface area contributed by atoms with Gasteiger partial charge in [0.15, 0.2) is 0 Å². The van der Waals surface area contributed by atoms with Crippen molar-refractivity contribution in [1.29, 1.82) is 0 Å². The van der Waals surface area contributed by atoms with E-state index in [-0.39, 0.29) is 0 Å².